The van der Waals surface area contributed by atoms with Crippen LogP contribution in [0, 0.1) is 0 Å². The van der Waals surface area contributed by atoms with Crippen molar-refractivity contribution in [3.05, 3.63) is 65.7 Å². The third-order valence-corrected chi connectivity index (χ3v) is 6.61. The van der Waals surface area contributed by atoms with E-state index in [4.69, 9.17) is 9.47 Å². The maximum atomic E-state index is 13.8. The highest BCUT2D eigenvalue weighted by atomic mass is 16.5. The monoisotopic (exact) mass is 465 g/mol. The molecule has 8 heteroatoms. The fourth-order valence-corrected chi connectivity index (χ4v) is 4.69. The fourth-order valence-electron chi connectivity index (χ4n) is 4.69. The minimum absolute atomic E-state index is 0.0793. The summed E-state index contributed by atoms with van der Waals surface area (Å²) in [4.78, 5) is 42.6. The molecular formula is C26H31N3O5. The van der Waals surface area contributed by atoms with Gasteiger partial charge in [-0.15, -0.1) is 0 Å². The van der Waals surface area contributed by atoms with Crippen molar-refractivity contribution < 1.29 is 23.9 Å². The Labute approximate surface area is 199 Å². The molecule has 1 atom stereocenters. The Hall–Kier alpha value is -3.39. The molecule has 2 aliphatic rings. The number of hydrogen-bond acceptors (Lipinski definition) is 5. The Morgan fingerprint density at radius 2 is 1.82 bits per heavy atom. The molecule has 2 saturated heterocycles. The van der Waals surface area contributed by atoms with Gasteiger partial charge in [-0.25, -0.2) is 0 Å². The third kappa shape index (κ3) is 4.77. The number of carbonyl (C=O) groups excluding carboxylic acids is 3. The summed E-state index contributed by atoms with van der Waals surface area (Å²) in [6, 6.07) is 15.8. The van der Waals surface area contributed by atoms with Crippen molar-refractivity contribution in [2.45, 2.75) is 44.5 Å². The van der Waals surface area contributed by atoms with Gasteiger partial charge >= 0.3 is 0 Å². The van der Waals surface area contributed by atoms with Crippen LogP contribution in [0.1, 0.15) is 42.1 Å². The molecule has 2 fully saturated rings. The Morgan fingerprint density at radius 1 is 1.09 bits per heavy atom. The summed E-state index contributed by atoms with van der Waals surface area (Å²) < 4.78 is 11.5. The van der Waals surface area contributed by atoms with Crippen molar-refractivity contribution in [3.63, 3.8) is 0 Å². The Morgan fingerprint density at radius 3 is 2.50 bits per heavy atom. The smallest absolute Gasteiger partial charge is 0.257 e. The summed E-state index contributed by atoms with van der Waals surface area (Å²) in [5.74, 6) is 0.0969. The van der Waals surface area contributed by atoms with Crippen LogP contribution in [-0.4, -0.2) is 66.1 Å². The number of likely N-dealkylation sites (tertiary alicyclic amines) is 1. The van der Waals surface area contributed by atoms with Crippen molar-refractivity contribution in [2.75, 3.05) is 26.8 Å². The number of piperidine rings is 1. The summed E-state index contributed by atoms with van der Waals surface area (Å²) in [5, 5.41) is 2.96. The molecule has 180 valence electrons. The van der Waals surface area contributed by atoms with Gasteiger partial charge < -0.3 is 19.7 Å². The summed E-state index contributed by atoms with van der Waals surface area (Å²) >= 11 is 0. The number of nitrogens with zero attached hydrogens (tertiary/aromatic N) is 2. The van der Waals surface area contributed by atoms with Crippen molar-refractivity contribution >= 4 is 17.7 Å². The van der Waals surface area contributed by atoms with E-state index in [2.05, 4.69) is 5.32 Å². The molecule has 2 aromatic rings. The lowest BCUT2D eigenvalue weighted by Crippen LogP contribution is -2.59. The highest BCUT2D eigenvalue weighted by Gasteiger charge is 2.54. The van der Waals surface area contributed by atoms with Crippen LogP contribution in [0.5, 0.6) is 5.75 Å². The molecule has 0 saturated carbocycles. The summed E-state index contributed by atoms with van der Waals surface area (Å²) in [5.41, 5.74) is 0.470. The van der Waals surface area contributed by atoms with E-state index in [9.17, 15) is 14.4 Å². The van der Waals surface area contributed by atoms with Crippen LogP contribution in [0.2, 0.25) is 0 Å². The van der Waals surface area contributed by atoms with Crippen LogP contribution >= 0.6 is 0 Å². The molecule has 0 aliphatic carbocycles. The Kier molecular flexibility index (Phi) is 7.17. The zero-order valence-corrected chi connectivity index (χ0v) is 19.7. The lowest BCUT2D eigenvalue weighted by molar-refractivity contribution is -0.143. The van der Waals surface area contributed by atoms with Gasteiger partial charge in [0.1, 0.15) is 17.5 Å². The number of methoxy groups -OCH3 is 1. The third-order valence-electron chi connectivity index (χ3n) is 6.61. The predicted molar refractivity (Wildman–Crippen MR) is 126 cm³/mol. The van der Waals surface area contributed by atoms with E-state index in [0.29, 0.717) is 50.2 Å². The zero-order valence-electron chi connectivity index (χ0n) is 19.7. The topological polar surface area (TPSA) is 88.2 Å². The number of benzene rings is 2. The molecule has 8 nitrogen and oxygen atoms in total. The van der Waals surface area contributed by atoms with E-state index in [-0.39, 0.29) is 24.3 Å². The van der Waals surface area contributed by atoms with Crippen LogP contribution in [0.15, 0.2) is 54.6 Å². The number of rotatable bonds is 6. The van der Waals surface area contributed by atoms with Gasteiger partial charge in [0.2, 0.25) is 11.8 Å². The molecule has 4 rings (SSSR count). The van der Waals surface area contributed by atoms with E-state index in [1.807, 2.05) is 37.3 Å². The molecule has 0 bridgehead atoms. The minimum atomic E-state index is -0.931. The number of hydrogen-bond donors (Lipinski definition) is 1. The van der Waals surface area contributed by atoms with Crippen LogP contribution in [0.3, 0.4) is 0 Å². The Balaban J connectivity index is 1.58. The van der Waals surface area contributed by atoms with Crippen LogP contribution in [0.4, 0.5) is 0 Å². The number of ether oxygens (including phenoxy) is 2. The fraction of sp³-hybridized carbons (Fsp3) is 0.423. The summed E-state index contributed by atoms with van der Waals surface area (Å²) in [6.07, 6.45) is 1.35. The SMILES string of the molecule is CCC(=O)N1CCC2(CC1)OC[C@H](C(=O)NCc1ccccc1)N2C(=O)c1cccc(OC)c1. The molecule has 0 aromatic heterocycles. The molecule has 3 amide bonds. The lowest BCUT2D eigenvalue weighted by Gasteiger charge is -2.44. The standard InChI is InChI=1S/C26H31N3O5/c1-3-23(30)28-14-12-26(13-15-28)29(25(32)20-10-7-11-21(16-20)33-2)22(18-34-26)24(31)27-17-19-8-5-4-6-9-19/h4-11,16,22H,3,12-15,17-18H2,1-2H3,(H,27,31)/t22-/m1/s1. The average Bonchev–Trinajstić information content (AvgIpc) is 3.25. The number of amides is 3. The molecule has 34 heavy (non-hydrogen) atoms. The van der Waals surface area contributed by atoms with Gasteiger partial charge in [-0.1, -0.05) is 43.3 Å². The number of carbonyl (C=O) groups is 3. The van der Waals surface area contributed by atoms with Gasteiger partial charge in [0.05, 0.1) is 13.7 Å². The van der Waals surface area contributed by atoms with Crippen molar-refractivity contribution in [2.24, 2.45) is 0 Å². The van der Waals surface area contributed by atoms with Gasteiger partial charge in [-0.2, -0.15) is 0 Å². The normalized spacial score (nSPS) is 19.2. The largest absolute Gasteiger partial charge is 0.497 e. The first-order valence-electron chi connectivity index (χ1n) is 11.7. The maximum Gasteiger partial charge on any atom is 0.257 e. The first-order chi connectivity index (χ1) is 16.5. The van der Waals surface area contributed by atoms with E-state index in [0.717, 1.165) is 5.56 Å². The predicted octanol–water partition coefficient (Wildman–Crippen LogP) is 2.58. The minimum Gasteiger partial charge on any atom is -0.497 e. The molecule has 2 aliphatic heterocycles. The average molecular weight is 466 g/mol. The van der Waals surface area contributed by atoms with E-state index in [1.54, 1.807) is 41.2 Å². The van der Waals surface area contributed by atoms with Crippen LogP contribution in [-0.2, 0) is 20.9 Å². The van der Waals surface area contributed by atoms with Crippen molar-refractivity contribution in [1.82, 2.24) is 15.1 Å². The maximum absolute atomic E-state index is 13.8. The summed E-state index contributed by atoms with van der Waals surface area (Å²) in [7, 11) is 1.55. The summed E-state index contributed by atoms with van der Waals surface area (Å²) in [6.45, 7) is 3.27. The number of nitrogens with one attached hydrogen (secondary N) is 1. The second kappa shape index (κ2) is 10.3. The highest BCUT2D eigenvalue weighted by molar-refractivity contribution is 5.98. The van der Waals surface area contributed by atoms with Crippen molar-refractivity contribution in [1.29, 1.82) is 0 Å². The van der Waals surface area contributed by atoms with Crippen molar-refractivity contribution in [3.8, 4) is 5.75 Å². The second-order valence-electron chi connectivity index (χ2n) is 8.62. The van der Waals surface area contributed by atoms with Gasteiger partial charge in [0.25, 0.3) is 5.91 Å². The van der Waals surface area contributed by atoms with Crippen LogP contribution in [0.25, 0.3) is 0 Å². The van der Waals surface area contributed by atoms with Gasteiger partial charge in [0.15, 0.2) is 0 Å². The lowest BCUT2D eigenvalue weighted by atomic mass is 9.96. The first-order valence-corrected chi connectivity index (χ1v) is 11.7. The first kappa shape index (κ1) is 23.8. The molecular weight excluding hydrogens is 434 g/mol. The van der Waals surface area contributed by atoms with Crippen LogP contribution < -0.4 is 10.1 Å². The van der Waals surface area contributed by atoms with E-state index in [1.165, 1.54) is 0 Å². The molecule has 2 aromatic carbocycles. The van der Waals surface area contributed by atoms with Gasteiger partial charge in [0, 0.05) is 44.5 Å². The molecule has 1 spiro atoms. The quantitative estimate of drug-likeness (QED) is 0.709. The molecule has 0 radical (unpaired) electrons. The van der Waals surface area contributed by atoms with Gasteiger partial charge in [-0.05, 0) is 23.8 Å². The molecule has 1 N–H and O–H groups in total. The van der Waals surface area contributed by atoms with E-state index >= 15 is 0 Å². The highest BCUT2D eigenvalue weighted by Crippen LogP contribution is 2.39. The van der Waals surface area contributed by atoms with E-state index < -0.39 is 11.8 Å². The molecule has 2 heterocycles. The zero-order chi connectivity index (χ0) is 24.1. The second-order valence-corrected chi connectivity index (χ2v) is 8.62. The van der Waals surface area contributed by atoms with Gasteiger partial charge in [-0.3, -0.25) is 19.3 Å². The molecule has 0 unspecified atom stereocenters. The Bertz CT molecular complexity index is 1030.